The van der Waals surface area contributed by atoms with Crippen LogP contribution >= 0.6 is 0 Å². The number of unbranched alkanes of at least 4 members (excludes halogenated alkanes) is 6. The van der Waals surface area contributed by atoms with Crippen LogP contribution in [0.15, 0.2) is 24.3 Å². The number of para-hydroxylation sites is 1. The van der Waals surface area contributed by atoms with Crippen LogP contribution in [-0.2, 0) is 16.0 Å². The lowest BCUT2D eigenvalue weighted by molar-refractivity contribution is -0.127. The molecule has 0 radical (unpaired) electrons. The second-order valence-corrected chi connectivity index (χ2v) is 6.74. The summed E-state index contributed by atoms with van der Waals surface area (Å²) >= 11 is 0. The zero-order valence-electron chi connectivity index (χ0n) is 15.0. The van der Waals surface area contributed by atoms with Gasteiger partial charge in [-0.25, -0.2) is 8.78 Å². The van der Waals surface area contributed by atoms with E-state index in [9.17, 15) is 18.4 Å². The molecule has 6 heteroatoms. The lowest BCUT2D eigenvalue weighted by Crippen LogP contribution is -2.28. The molecule has 0 aromatic heterocycles. The summed E-state index contributed by atoms with van der Waals surface area (Å²) in [5.41, 5.74) is 1.04. The summed E-state index contributed by atoms with van der Waals surface area (Å²) in [4.78, 5) is 22.9. The van der Waals surface area contributed by atoms with E-state index in [1.165, 1.54) is 0 Å². The van der Waals surface area contributed by atoms with Gasteiger partial charge in [-0.15, -0.1) is 0 Å². The van der Waals surface area contributed by atoms with Crippen LogP contribution in [0.1, 0.15) is 63.4 Å². The average molecular weight is 367 g/mol. The highest BCUT2D eigenvalue weighted by Gasteiger charge is 2.32. The molecule has 1 heterocycles. The molecule has 0 bridgehead atoms. The van der Waals surface area contributed by atoms with Crippen molar-refractivity contribution in [3.63, 3.8) is 0 Å². The molecule has 1 aliphatic rings. The summed E-state index contributed by atoms with van der Waals surface area (Å²) in [5, 5.41) is 2.25. The number of carbonyl (C=O) groups is 2. The fourth-order valence-electron chi connectivity index (χ4n) is 3.10. The van der Waals surface area contributed by atoms with Crippen molar-refractivity contribution in [1.29, 1.82) is 0 Å². The van der Waals surface area contributed by atoms with Gasteiger partial charge in [-0.1, -0.05) is 50.3 Å². The minimum atomic E-state index is -2.18. The molecule has 1 aliphatic heterocycles. The second kappa shape index (κ2) is 10.9. The number of rotatable bonds is 12. The number of aryl methyl sites for hydroxylation is 1. The number of benzene rings is 1. The van der Waals surface area contributed by atoms with Crippen molar-refractivity contribution in [2.45, 2.75) is 76.7 Å². The van der Waals surface area contributed by atoms with Gasteiger partial charge in [0, 0.05) is 6.42 Å². The molecule has 26 heavy (non-hydrogen) atoms. The highest BCUT2D eigenvalue weighted by molar-refractivity contribution is 6.05. The molecule has 0 spiro atoms. The molecule has 1 aromatic rings. The number of hydrogen-bond donors (Lipinski definition) is 1. The third-order valence-corrected chi connectivity index (χ3v) is 4.54. The first-order valence-electron chi connectivity index (χ1n) is 9.42. The minimum Gasteiger partial charge on any atom is -0.480 e. The first-order valence-corrected chi connectivity index (χ1v) is 9.42. The van der Waals surface area contributed by atoms with Crippen molar-refractivity contribution in [1.82, 2.24) is 5.32 Å². The maximum atomic E-state index is 12.0. The Morgan fingerprint density at radius 3 is 2.31 bits per heavy atom. The number of nitrogens with one attached hydrogen (secondary N) is 1. The molecule has 1 atom stereocenters. The van der Waals surface area contributed by atoms with Crippen molar-refractivity contribution < 1.29 is 23.1 Å². The van der Waals surface area contributed by atoms with Gasteiger partial charge in [-0.2, -0.15) is 0 Å². The second-order valence-electron chi connectivity index (χ2n) is 6.74. The standard InChI is InChI=1S/C20H27F2NO3/c21-18(22)13-7-5-3-1-2-4-6-10-15-11-8-9-12-16(15)26-17-14-19(24)23-20(17)25/h8-9,11-12,17-18H,1-7,10,13-14H2,(H,23,24,25). The summed E-state index contributed by atoms with van der Waals surface area (Å²) in [6.45, 7) is 0. The van der Waals surface area contributed by atoms with Crippen LogP contribution < -0.4 is 10.1 Å². The van der Waals surface area contributed by atoms with Crippen molar-refractivity contribution in [3.8, 4) is 5.75 Å². The molecular weight excluding hydrogens is 340 g/mol. The molecule has 0 saturated carbocycles. The summed E-state index contributed by atoms with van der Waals surface area (Å²) in [6.07, 6.45) is 4.77. The third kappa shape index (κ3) is 7.10. The van der Waals surface area contributed by atoms with Crippen LogP contribution in [-0.4, -0.2) is 24.3 Å². The van der Waals surface area contributed by atoms with Crippen molar-refractivity contribution >= 4 is 11.8 Å². The predicted molar refractivity (Wildman–Crippen MR) is 95.3 cm³/mol. The van der Waals surface area contributed by atoms with Crippen molar-refractivity contribution in [2.24, 2.45) is 0 Å². The van der Waals surface area contributed by atoms with Crippen LogP contribution in [0.2, 0.25) is 0 Å². The van der Waals surface area contributed by atoms with Crippen molar-refractivity contribution in [2.75, 3.05) is 0 Å². The van der Waals surface area contributed by atoms with Gasteiger partial charge in [0.15, 0.2) is 6.10 Å². The van der Waals surface area contributed by atoms with Crippen LogP contribution in [0.25, 0.3) is 0 Å². The highest BCUT2D eigenvalue weighted by atomic mass is 19.3. The number of amides is 2. The monoisotopic (exact) mass is 367 g/mol. The fourth-order valence-corrected chi connectivity index (χ4v) is 3.10. The topological polar surface area (TPSA) is 55.4 Å². The van der Waals surface area contributed by atoms with E-state index in [4.69, 9.17) is 4.74 Å². The maximum Gasteiger partial charge on any atom is 0.268 e. The molecule has 4 nitrogen and oxygen atoms in total. The van der Waals surface area contributed by atoms with E-state index in [2.05, 4.69) is 5.32 Å². The van der Waals surface area contributed by atoms with Crippen LogP contribution in [0.4, 0.5) is 8.78 Å². The largest absolute Gasteiger partial charge is 0.480 e. The SMILES string of the molecule is O=C1CC(Oc2ccccc2CCCCCCCCCC(F)F)C(=O)N1. The van der Waals surface area contributed by atoms with E-state index in [0.717, 1.165) is 50.5 Å². The Bertz CT molecular complexity index is 592. The Labute approximate surface area is 153 Å². The number of halogens is 2. The Morgan fingerprint density at radius 2 is 1.65 bits per heavy atom. The lowest BCUT2D eigenvalue weighted by atomic mass is 10.0. The average Bonchev–Trinajstić information content (AvgIpc) is 2.91. The van der Waals surface area contributed by atoms with Gasteiger partial charge in [0.2, 0.25) is 12.3 Å². The van der Waals surface area contributed by atoms with Gasteiger partial charge in [0.05, 0.1) is 6.42 Å². The summed E-state index contributed by atoms with van der Waals surface area (Å²) < 4.78 is 29.8. The molecule has 1 N–H and O–H groups in total. The summed E-state index contributed by atoms with van der Waals surface area (Å²) in [5.74, 6) is -0.0166. The number of imide groups is 1. The third-order valence-electron chi connectivity index (χ3n) is 4.54. The highest BCUT2D eigenvalue weighted by Crippen LogP contribution is 2.24. The van der Waals surface area contributed by atoms with Gasteiger partial charge in [-0.3, -0.25) is 14.9 Å². The molecule has 144 valence electrons. The number of carbonyl (C=O) groups excluding carboxylic acids is 2. The number of hydrogen-bond acceptors (Lipinski definition) is 3. The molecule has 1 aromatic carbocycles. The number of ether oxygens (including phenoxy) is 1. The normalized spacial score (nSPS) is 17.0. The summed E-state index contributed by atoms with van der Waals surface area (Å²) in [7, 11) is 0. The summed E-state index contributed by atoms with van der Waals surface area (Å²) in [6, 6.07) is 7.60. The quantitative estimate of drug-likeness (QED) is 0.440. The fraction of sp³-hybridized carbons (Fsp3) is 0.600. The van der Waals surface area contributed by atoms with E-state index < -0.39 is 12.5 Å². The van der Waals surface area contributed by atoms with Gasteiger partial charge in [0.1, 0.15) is 5.75 Å². The maximum absolute atomic E-state index is 12.0. The lowest BCUT2D eigenvalue weighted by Gasteiger charge is -2.14. The molecule has 1 unspecified atom stereocenters. The first kappa shape index (κ1) is 20.3. The number of alkyl halides is 2. The zero-order chi connectivity index (χ0) is 18.8. The van der Waals surface area contributed by atoms with E-state index in [-0.39, 0.29) is 24.7 Å². The predicted octanol–water partition coefficient (Wildman–Crippen LogP) is 4.41. The van der Waals surface area contributed by atoms with Crippen molar-refractivity contribution in [3.05, 3.63) is 29.8 Å². The molecule has 2 rings (SSSR count). The minimum absolute atomic E-state index is 0.0153. The Morgan fingerprint density at radius 1 is 1.00 bits per heavy atom. The van der Waals surface area contributed by atoms with E-state index >= 15 is 0 Å². The van der Waals surface area contributed by atoms with E-state index in [1.54, 1.807) is 0 Å². The molecule has 2 amide bonds. The molecule has 0 aliphatic carbocycles. The van der Waals surface area contributed by atoms with Gasteiger partial charge >= 0.3 is 0 Å². The smallest absolute Gasteiger partial charge is 0.268 e. The van der Waals surface area contributed by atoms with Crippen LogP contribution in [0.3, 0.4) is 0 Å². The van der Waals surface area contributed by atoms with Gasteiger partial charge < -0.3 is 4.74 Å². The van der Waals surface area contributed by atoms with Gasteiger partial charge in [-0.05, 0) is 30.9 Å². The molecular formula is C20H27F2NO3. The molecule has 1 saturated heterocycles. The van der Waals surface area contributed by atoms with E-state index in [0.29, 0.717) is 12.2 Å². The zero-order valence-corrected chi connectivity index (χ0v) is 15.0. The van der Waals surface area contributed by atoms with Gasteiger partial charge in [0.25, 0.3) is 5.91 Å². The Kier molecular flexibility index (Phi) is 8.51. The first-order chi connectivity index (χ1) is 12.6. The van der Waals surface area contributed by atoms with Crippen LogP contribution in [0, 0.1) is 0 Å². The van der Waals surface area contributed by atoms with Crippen LogP contribution in [0.5, 0.6) is 5.75 Å². The Balaban J connectivity index is 1.65. The Hall–Kier alpha value is -1.98. The van der Waals surface area contributed by atoms with E-state index in [1.807, 2.05) is 24.3 Å². The molecule has 1 fully saturated rings.